The summed E-state index contributed by atoms with van der Waals surface area (Å²) in [5.74, 6) is -0.887. The minimum Gasteiger partial charge on any atom is -0.493 e. The fourth-order valence-corrected chi connectivity index (χ4v) is 2.55. The van der Waals surface area contributed by atoms with Gasteiger partial charge < -0.3 is 19.0 Å². The van der Waals surface area contributed by atoms with Crippen LogP contribution < -0.4 is 14.9 Å². The van der Waals surface area contributed by atoms with E-state index in [2.05, 4.69) is 10.5 Å². The van der Waals surface area contributed by atoms with Crippen LogP contribution in [0.4, 0.5) is 0 Å². The van der Waals surface area contributed by atoms with Gasteiger partial charge >= 0.3 is 11.9 Å². The van der Waals surface area contributed by atoms with Crippen molar-refractivity contribution in [3.05, 3.63) is 58.8 Å². The third kappa shape index (κ3) is 4.60. The molecule has 0 saturated carbocycles. The number of carboxylic acids is 1. The van der Waals surface area contributed by atoms with E-state index in [1.807, 2.05) is 0 Å². The first-order chi connectivity index (χ1) is 13.5. The number of amides is 1. The van der Waals surface area contributed by atoms with Gasteiger partial charge in [0.05, 0.1) is 13.3 Å². The number of methoxy groups -OCH3 is 1. The van der Waals surface area contributed by atoms with Crippen molar-refractivity contribution in [2.75, 3.05) is 13.7 Å². The van der Waals surface area contributed by atoms with Crippen molar-refractivity contribution in [1.29, 1.82) is 0 Å². The number of aliphatic carboxylic acids is 1. The Morgan fingerprint density at radius 2 is 2.04 bits per heavy atom. The molecule has 3 aromatic rings. The van der Waals surface area contributed by atoms with E-state index in [9.17, 15) is 9.59 Å². The zero-order valence-corrected chi connectivity index (χ0v) is 15.4. The summed E-state index contributed by atoms with van der Waals surface area (Å²) in [4.78, 5) is 22.8. The molecular weight excluding hydrogens is 388 g/mol. The molecule has 2 N–H and O–H groups in total. The molecule has 0 aliphatic rings. The lowest BCUT2D eigenvalue weighted by Crippen LogP contribution is -2.16. The van der Waals surface area contributed by atoms with Crippen LogP contribution in [0, 0.1) is 0 Å². The van der Waals surface area contributed by atoms with Crippen LogP contribution >= 0.6 is 11.6 Å². The summed E-state index contributed by atoms with van der Waals surface area (Å²) in [5, 5.41) is 13.8. The second-order valence-corrected chi connectivity index (χ2v) is 6.02. The number of hydrogen-bond acceptors (Lipinski definition) is 6. The molecule has 8 nitrogen and oxygen atoms in total. The van der Waals surface area contributed by atoms with Gasteiger partial charge in [-0.25, -0.2) is 10.2 Å². The highest BCUT2D eigenvalue weighted by atomic mass is 35.5. The number of hydrazone groups is 1. The Morgan fingerprint density at radius 3 is 2.79 bits per heavy atom. The molecule has 9 heteroatoms. The van der Waals surface area contributed by atoms with Gasteiger partial charge in [0.15, 0.2) is 23.9 Å². The smallest absolute Gasteiger partial charge is 0.341 e. The van der Waals surface area contributed by atoms with Crippen molar-refractivity contribution in [2.45, 2.75) is 0 Å². The van der Waals surface area contributed by atoms with Gasteiger partial charge in [-0.1, -0.05) is 11.6 Å². The average molecular weight is 403 g/mol. The molecule has 0 spiro atoms. The predicted octanol–water partition coefficient (Wildman–Crippen LogP) is 3.32. The number of rotatable bonds is 7. The third-order valence-corrected chi connectivity index (χ3v) is 3.86. The molecule has 144 valence electrons. The van der Waals surface area contributed by atoms with Crippen molar-refractivity contribution in [1.82, 2.24) is 5.43 Å². The molecule has 1 heterocycles. The van der Waals surface area contributed by atoms with E-state index in [1.54, 1.807) is 42.5 Å². The van der Waals surface area contributed by atoms with Gasteiger partial charge in [0.25, 0.3) is 0 Å². The maximum Gasteiger partial charge on any atom is 0.341 e. The molecule has 1 amide bonds. The molecule has 0 bridgehead atoms. The number of fused-ring (bicyclic) bond motifs is 1. The maximum absolute atomic E-state index is 12.2. The van der Waals surface area contributed by atoms with Crippen molar-refractivity contribution in [2.24, 2.45) is 5.10 Å². The number of nitrogens with one attached hydrogen (secondary N) is 1. The SMILES string of the molecule is COc1cc(/C=N/NC(=O)c2cc3cc(Cl)ccc3o2)ccc1OCC(=O)O. The van der Waals surface area contributed by atoms with Gasteiger partial charge in [0.2, 0.25) is 0 Å². The van der Waals surface area contributed by atoms with E-state index in [4.69, 9.17) is 30.6 Å². The minimum atomic E-state index is -1.09. The van der Waals surface area contributed by atoms with Crippen molar-refractivity contribution in [3.63, 3.8) is 0 Å². The number of furan rings is 1. The zero-order chi connectivity index (χ0) is 20.1. The normalized spacial score (nSPS) is 10.9. The van der Waals surface area contributed by atoms with Crippen molar-refractivity contribution in [3.8, 4) is 11.5 Å². The lowest BCUT2D eigenvalue weighted by atomic mass is 10.2. The van der Waals surface area contributed by atoms with E-state index in [1.165, 1.54) is 13.3 Å². The van der Waals surface area contributed by atoms with Crippen LogP contribution in [0.25, 0.3) is 11.0 Å². The molecule has 28 heavy (non-hydrogen) atoms. The van der Waals surface area contributed by atoms with Crippen LogP contribution in [-0.4, -0.2) is 36.9 Å². The molecule has 0 saturated heterocycles. The molecule has 2 aromatic carbocycles. The summed E-state index contributed by atoms with van der Waals surface area (Å²) in [5.41, 5.74) is 3.52. The van der Waals surface area contributed by atoms with Crippen LogP contribution in [0.2, 0.25) is 5.02 Å². The number of benzene rings is 2. The van der Waals surface area contributed by atoms with Crippen molar-refractivity contribution < 1.29 is 28.6 Å². The van der Waals surface area contributed by atoms with E-state index in [-0.39, 0.29) is 11.5 Å². The molecule has 0 fully saturated rings. The number of carboxylic acid groups (broad SMARTS) is 1. The molecule has 0 unspecified atom stereocenters. The molecule has 0 atom stereocenters. The summed E-state index contributed by atoms with van der Waals surface area (Å²) in [6, 6.07) is 11.4. The van der Waals surface area contributed by atoms with E-state index < -0.39 is 18.5 Å². The summed E-state index contributed by atoms with van der Waals surface area (Å²) in [6.07, 6.45) is 1.40. The van der Waals surface area contributed by atoms with Gasteiger partial charge in [0, 0.05) is 10.4 Å². The number of nitrogens with zero attached hydrogens (tertiary/aromatic N) is 1. The number of halogens is 1. The van der Waals surface area contributed by atoms with Crippen molar-refractivity contribution >= 4 is 40.7 Å². The summed E-state index contributed by atoms with van der Waals surface area (Å²) in [7, 11) is 1.43. The molecule has 0 aliphatic heterocycles. The predicted molar refractivity (Wildman–Crippen MR) is 102 cm³/mol. The Labute approximate surface area is 164 Å². The highest BCUT2D eigenvalue weighted by molar-refractivity contribution is 6.31. The van der Waals surface area contributed by atoms with Crippen LogP contribution in [0.5, 0.6) is 11.5 Å². The molecular formula is C19H15ClN2O6. The first-order valence-electron chi connectivity index (χ1n) is 8.01. The highest BCUT2D eigenvalue weighted by Crippen LogP contribution is 2.27. The van der Waals surface area contributed by atoms with Gasteiger partial charge in [-0.3, -0.25) is 4.79 Å². The highest BCUT2D eigenvalue weighted by Gasteiger charge is 2.12. The standard InChI is InChI=1S/C19H15ClN2O6/c1-26-16-6-11(2-4-15(16)27-10-18(23)24)9-21-22-19(25)17-8-12-7-13(20)3-5-14(12)28-17/h2-9H,10H2,1H3,(H,22,25)(H,23,24)/b21-9+. The summed E-state index contributed by atoms with van der Waals surface area (Å²) < 4.78 is 15.7. The zero-order valence-electron chi connectivity index (χ0n) is 14.6. The summed E-state index contributed by atoms with van der Waals surface area (Å²) in [6.45, 7) is -0.484. The molecule has 3 rings (SSSR count). The maximum atomic E-state index is 12.2. The molecule has 0 radical (unpaired) electrons. The van der Waals surface area contributed by atoms with Gasteiger partial charge in [0.1, 0.15) is 5.58 Å². The average Bonchev–Trinajstić information content (AvgIpc) is 3.09. The Bertz CT molecular complexity index is 1060. The monoisotopic (exact) mass is 402 g/mol. The summed E-state index contributed by atoms with van der Waals surface area (Å²) >= 11 is 5.92. The second kappa shape index (κ2) is 8.45. The molecule has 1 aromatic heterocycles. The number of carbonyl (C=O) groups excluding carboxylic acids is 1. The third-order valence-electron chi connectivity index (χ3n) is 3.62. The lowest BCUT2D eigenvalue weighted by molar-refractivity contribution is -0.139. The first-order valence-corrected chi connectivity index (χ1v) is 8.39. The molecule has 0 aliphatic carbocycles. The Kier molecular flexibility index (Phi) is 5.81. The number of ether oxygens (including phenoxy) is 2. The van der Waals surface area contributed by atoms with Crippen LogP contribution in [0.15, 0.2) is 52.0 Å². The quantitative estimate of drug-likeness (QED) is 0.463. The van der Waals surface area contributed by atoms with Gasteiger partial charge in [-0.05, 0) is 48.0 Å². The first kappa shape index (κ1) is 19.2. The largest absolute Gasteiger partial charge is 0.493 e. The lowest BCUT2D eigenvalue weighted by Gasteiger charge is -2.09. The Morgan fingerprint density at radius 1 is 1.21 bits per heavy atom. The second-order valence-electron chi connectivity index (χ2n) is 5.58. The minimum absolute atomic E-state index is 0.101. The van der Waals surface area contributed by atoms with Gasteiger partial charge in [-0.2, -0.15) is 5.10 Å². The topological polar surface area (TPSA) is 110 Å². The van der Waals surface area contributed by atoms with Crippen LogP contribution in [0.3, 0.4) is 0 Å². The van der Waals surface area contributed by atoms with Crippen LogP contribution in [-0.2, 0) is 4.79 Å². The van der Waals surface area contributed by atoms with Crippen LogP contribution in [0.1, 0.15) is 16.1 Å². The Hall–Kier alpha value is -3.52. The van der Waals surface area contributed by atoms with Gasteiger partial charge in [-0.15, -0.1) is 0 Å². The fourth-order valence-electron chi connectivity index (χ4n) is 2.37. The number of hydrogen-bond donors (Lipinski definition) is 2. The fraction of sp³-hybridized carbons (Fsp3) is 0.105. The van der Waals surface area contributed by atoms with E-state index in [0.29, 0.717) is 27.3 Å². The van der Waals surface area contributed by atoms with E-state index >= 15 is 0 Å². The number of carbonyl (C=O) groups is 2. The Balaban J connectivity index is 1.67. The van der Waals surface area contributed by atoms with E-state index in [0.717, 1.165) is 0 Å².